The first kappa shape index (κ1) is 102. The molecule has 0 radical (unpaired) electrons. The molecule has 0 heterocycles. The number of hydrogen-bond donors (Lipinski definition) is 0. The zero-order valence-corrected chi connectivity index (χ0v) is 81.3. The largest absolute Gasteiger partial charge is 0.463 e. The molecule has 0 aliphatic carbocycles. The van der Waals surface area contributed by atoms with Crippen LogP contribution >= 0.6 is 25.8 Å². The minimum atomic E-state index is -1.84. The molecule has 6 aromatic rings. The minimum absolute atomic E-state index is 0.0742. The van der Waals surface area contributed by atoms with Crippen LogP contribution < -0.4 is 27.1 Å². The number of unbranched alkanes of at least 4 members (excludes halogenated alkanes) is 33. The van der Waals surface area contributed by atoms with Crippen LogP contribution in [0.2, 0.25) is 0 Å². The van der Waals surface area contributed by atoms with Crippen LogP contribution in [0.4, 0.5) is 0 Å². The van der Waals surface area contributed by atoms with Crippen molar-refractivity contribution >= 4 is 25.8 Å². The highest BCUT2D eigenvalue weighted by Gasteiger charge is 2.34. The molecule has 0 fully saturated rings. The minimum Gasteiger partial charge on any atom is -0.418 e. The van der Waals surface area contributed by atoms with E-state index in [1.165, 1.54) is 251 Å². The molecule has 0 saturated carbocycles. The van der Waals surface area contributed by atoms with E-state index in [0.29, 0.717) is 19.8 Å². The number of benzene rings is 6. The van der Waals surface area contributed by atoms with Gasteiger partial charge in [0.2, 0.25) is 0 Å². The highest BCUT2D eigenvalue weighted by Crippen LogP contribution is 2.53. The molecule has 118 heavy (non-hydrogen) atoms. The van der Waals surface area contributed by atoms with Crippen molar-refractivity contribution in [1.82, 2.24) is 0 Å². The monoisotopic (exact) mass is 1680 g/mol. The van der Waals surface area contributed by atoms with Crippen molar-refractivity contribution in [2.45, 2.75) is 436 Å². The van der Waals surface area contributed by atoms with Gasteiger partial charge in [0.15, 0.2) is 0 Å². The summed E-state index contributed by atoms with van der Waals surface area (Å²) in [5, 5.41) is 0. The Morgan fingerprint density at radius 1 is 0.263 bits per heavy atom. The predicted octanol–water partition coefficient (Wildman–Crippen LogP) is 35.9. The zero-order chi connectivity index (χ0) is 85.4. The topological polar surface area (TPSA) is 83.1 Å². The molecule has 12 heteroatoms. The molecule has 662 valence electrons. The molecule has 0 aromatic heterocycles. The summed E-state index contributed by atoms with van der Waals surface area (Å²) in [7, 11) is -5.47. The summed E-state index contributed by atoms with van der Waals surface area (Å²) in [6.45, 7) is 45.5. The third-order valence-corrected chi connectivity index (χ3v) is 26.8. The molecular weight excluding hydrogens is 1510 g/mol. The van der Waals surface area contributed by atoms with Crippen LogP contribution in [0.5, 0.6) is 34.5 Å². The third-order valence-electron chi connectivity index (χ3n) is 23.5. The Hall–Kier alpha value is -4.71. The van der Waals surface area contributed by atoms with E-state index in [1.807, 2.05) is 0 Å². The van der Waals surface area contributed by atoms with Gasteiger partial charge in [-0.2, -0.15) is 0 Å². The van der Waals surface area contributed by atoms with E-state index in [4.69, 9.17) is 40.7 Å². The SMILES string of the molecule is CCCCCCCCCc1ccc(OP(OCCCCCCCC)Oc2cc(C)c(C(C)CC(c3cc(C(C)(C)C)c(OP(OCCCCCCCC)Oc4ccc(CCCCCCCCC)cc4)cc3C)c3cc(C(C)(C)C)c(OP(OCCCCCCCC)Oc4ccc(CCCCCCCCC)cc4)cc3C)cc2C(C)(C)C)cc1. The van der Waals surface area contributed by atoms with Crippen molar-refractivity contribution in [3.05, 3.63) is 176 Å². The quantitative estimate of drug-likeness (QED) is 0.0274. The van der Waals surface area contributed by atoms with Crippen LogP contribution in [-0.4, -0.2) is 19.8 Å². The van der Waals surface area contributed by atoms with E-state index in [0.717, 1.165) is 127 Å². The lowest BCUT2D eigenvalue weighted by molar-refractivity contribution is 0.256. The summed E-state index contributed by atoms with van der Waals surface area (Å²) in [4.78, 5) is 0. The van der Waals surface area contributed by atoms with E-state index in [1.54, 1.807) is 0 Å². The summed E-state index contributed by atoms with van der Waals surface area (Å²) < 4.78 is 62.8. The first-order valence-electron chi connectivity index (χ1n) is 48.0. The molecule has 6 aromatic carbocycles. The standard InChI is InChI=1S/C106H169O9P3/c1-20-26-32-38-44-47-53-59-88-62-68-91(69-63-88)110-116(107-74-56-50-41-35-29-23-4)113-101-78-85(8)94(81-98(101)104(11,12)13)84(7)77-97(95-82-99(105(14,15)16)102(79-86(95)9)114-117(108-75-57-51-42-36-30-24-5)111-92-70-64-89(65-71-92)60-54-48-45-39-33-27-21-2)96-83-100(106(17,18)19)103(80-87(96)10)115-118(109-76-58-52-43-37-31-25-6)112-93-72-66-90(67-73-93)61-55-49-46-40-34-28-22-3/h62-73,78-84,97H,20-61,74-77H2,1-19H3. The Kier molecular flexibility index (Phi) is 49.9. The van der Waals surface area contributed by atoms with Crippen LogP contribution in [0.3, 0.4) is 0 Å². The molecular formula is C106H169O9P3. The highest BCUT2D eigenvalue weighted by atomic mass is 31.2. The Morgan fingerprint density at radius 2 is 0.483 bits per heavy atom. The molecule has 0 N–H and O–H groups in total. The zero-order valence-electron chi connectivity index (χ0n) is 78.6. The maximum absolute atomic E-state index is 7.29. The van der Waals surface area contributed by atoms with Gasteiger partial charge in [0.05, 0.1) is 19.8 Å². The van der Waals surface area contributed by atoms with Crippen molar-refractivity contribution in [2.24, 2.45) is 0 Å². The van der Waals surface area contributed by atoms with E-state index >= 15 is 0 Å². The Balaban J connectivity index is 1.45. The molecule has 0 saturated heterocycles. The highest BCUT2D eigenvalue weighted by molar-refractivity contribution is 7.43. The van der Waals surface area contributed by atoms with Crippen LogP contribution in [0.25, 0.3) is 0 Å². The van der Waals surface area contributed by atoms with E-state index in [9.17, 15) is 0 Å². The van der Waals surface area contributed by atoms with Gasteiger partial charge in [-0.1, -0.05) is 377 Å². The van der Waals surface area contributed by atoms with Crippen LogP contribution in [0, 0.1) is 20.8 Å². The maximum atomic E-state index is 7.29. The molecule has 4 atom stereocenters. The normalized spacial score (nSPS) is 13.3. The lowest BCUT2D eigenvalue weighted by atomic mass is 9.74. The average Bonchev–Trinajstić information content (AvgIpc) is 0.759. The van der Waals surface area contributed by atoms with Gasteiger partial charge in [0.25, 0.3) is 0 Å². The second kappa shape index (κ2) is 57.7. The van der Waals surface area contributed by atoms with Crippen molar-refractivity contribution in [1.29, 1.82) is 0 Å². The Bertz CT molecular complexity index is 3450. The number of hydrogen-bond acceptors (Lipinski definition) is 9. The lowest BCUT2D eigenvalue weighted by Crippen LogP contribution is -2.19. The van der Waals surface area contributed by atoms with Gasteiger partial charge in [0.1, 0.15) is 34.5 Å². The first-order valence-corrected chi connectivity index (χ1v) is 51.3. The fourth-order valence-corrected chi connectivity index (χ4v) is 19.1. The fourth-order valence-electron chi connectivity index (χ4n) is 16.1. The van der Waals surface area contributed by atoms with Gasteiger partial charge in [-0.3, -0.25) is 13.6 Å². The first-order chi connectivity index (χ1) is 56.9. The Morgan fingerprint density at radius 3 is 0.729 bits per heavy atom. The van der Waals surface area contributed by atoms with Crippen LogP contribution in [0.1, 0.15) is 446 Å². The van der Waals surface area contributed by atoms with Crippen molar-refractivity contribution in [3.63, 3.8) is 0 Å². The smallest absolute Gasteiger partial charge is 0.418 e. The maximum Gasteiger partial charge on any atom is 0.463 e. The van der Waals surface area contributed by atoms with Crippen molar-refractivity contribution in [3.8, 4) is 34.5 Å². The molecule has 0 amide bonds. The molecule has 4 unspecified atom stereocenters. The predicted molar refractivity (Wildman–Crippen MR) is 511 cm³/mol. The van der Waals surface area contributed by atoms with Crippen molar-refractivity contribution in [2.75, 3.05) is 19.8 Å². The van der Waals surface area contributed by atoms with Crippen LogP contribution in [0.15, 0.2) is 109 Å². The van der Waals surface area contributed by atoms with E-state index < -0.39 is 25.8 Å². The summed E-state index contributed by atoms with van der Waals surface area (Å²) in [5.74, 6) is 4.74. The van der Waals surface area contributed by atoms with Gasteiger partial charge in [-0.15, -0.1) is 0 Å². The molecule has 0 aliphatic heterocycles. The fraction of sp³-hybridized carbons (Fsp3) is 0.660. The second-order valence-corrected chi connectivity index (χ2v) is 40.8. The van der Waals surface area contributed by atoms with Crippen molar-refractivity contribution < 1.29 is 40.7 Å². The molecule has 9 nitrogen and oxygen atoms in total. The van der Waals surface area contributed by atoms with Gasteiger partial charge in [-0.05, 0) is 212 Å². The second-order valence-electron chi connectivity index (χ2n) is 37.6. The number of rotatable bonds is 65. The average molecular weight is 1680 g/mol. The van der Waals surface area contributed by atoms with E-state index in [2.05, 4.69) is 241 Å². The van der Waals surface area contributed by atoms with Crippen LogP contribution in [-0.2, 0) is 49.1 Å². The van der Waals surface area contributed by atoms with Gasteiger partial charge in [-0.25, -0.2) is 0 Å². The summed E-state index contributed by atoms with van der Waals surface area (Å²) in [6.07, 6.45) is 52.4. The number of aryl methyl sites for hydroxylation is 6. The van der Waals surface area contributed by atoms with Gasteiger partial charge < -0.3 is 27.1 Å². The molecule has 0 spiro atoms. The summed E-state index contributed by atoms with van der Waals surface area (Å²) in [5.41, 5.74) is 13.8. The van der Waals surface area contributed by atoms with E-state index in [-0.39, 0.29) is 28.1 Å². The summed E-state index contributed by atoms with van der Waals surface area (Å²) >= 11 is 0. The summed E-state index contributed by atoms with van der Waals surface area (Å²) in [6, 6.07) is 40.4. The molecule has 6 rings (SSSR count). The van der Waals surface area contributed by atoms with Gasteiger partial charge in [0, 0.05) is 22.6 Å². The van der Waals surface area contributed by atoms with Gasteiger partial charge >= 0.3 is 25.8 Å². The third kappa shape index (κ3) is 39.4. The molecule has 0 aliphatic rings. The lowest BCUT2D eigenvalue weighted by Gasteiger charge is -2.33. The Labute approximate surface area is 728 Å². The molecule has 0 bridgehead atoms.